The molecule has 3 rings (SSSR count). The fourth-order valence-electron chi connectivity index (χ4n) is 2.97. The van der Waals surface area contributed by atoms with Gasteiger partial charge in [0.1, 0.15) is 5.58 Å². The van der Waals surface area contributed by atoms with Crippen LogP contribution in [0, 0.1) is 20.8 Å². The molecule has 3 aromatic rings. The van der Waals surface area contributed by atoms with Crippen LogP contribution in [0.15, 0.2) is 41.0 Å². The molecule has 0 aliphatic heterocycles. The maximum atomic E-state index is 5.87. The van der Waals surface area contributed by atoms with Crippen molar-refractivity contribution in [2.45, 2.75) is 40.5 Å². The Labute approximate surface area is 126 Å². The summed E-state index contributed by atoms with van der Waals surface area (Å²) in [5.41, 5.74) is 8.62. The first-order valence-electron chi connectivity index (χ1n) is 7.57. The Morgan fingerprint density at radius 1 is 0.905 bits per heavy atom. The van der Waals surface area contributed by atoms with Gasteiger partial charge in [0, 0.05) is 10.9 Å². The Morgan fingerprint density at radius 3 is 2.19 bits per heavy atom. The Hall–Kier alpha value is -2.02. The summed E-state index contributed by atoms with van der Waals surface area (Å²) in [7, 11) is 0. The van der Waals surface area contributed by atoms with Gasteiger partial charge in [-0.15, -0.1) is 0 Å². The lowest BCUT2D eigenvalue weighted by Crippen LogP contribution is -1.88. The highest BCUT2D eigenvalue weighted by atomic mass is 16.3. The van der Waals surface area contributed by atoms with Crippen molar-refractivity contribution in [1.29, 1.82) is 0 Å². The predicted molar refractivity (Wildman–Crippen MR) is 90.0 cm³/mol. The second-order valence-electron chi connectivity index (χ2n) is 6.27. The SMILES string of the molecule is Cc1cc(C)c2c(-c3ccc(C(C)C)cc3)coc2c1C. The molecule has 0 aliphatic rings. The lowest BCUT2D eigenvalue weighted by molar-refractivity contribution is 0.614. The molecule has 0 saturated heterocycles. The van der Waals surface area contributed by atoms with E-state index in [0.717, 1.165) is 5.58 Å². The Bertz CT molecular complexity index is 789. The standard InChI is InChI=1S/C20H22O/c1-12(2)16-6-8-17(9-7-16)18-11-21-20-15(5)13(3)10-14(4)19(18)20/h6-12H,1-5H3. The van der Waals surface area contributed by atoms with Gasteiger partial charge in [0.2, 0.25) is 0 Å². The molecule has 0 bridgehead atoms. The van der Waals surface area contributed by atoms with Crippen molar-refractivity contribution in [2.75, 3.05) is 0 Å². The van der Waals surface area contributed by atoms with E-state index in [4.69, 9.17) is 4.42 Å². The minimum Gasteiger partial charge on any atom is -0.463 e. The van der Waals surface area contributed by atoms with Crippen LogP contribution < -0.4 is 0 Å². The second-order valence-corrected chi connectivity index (χ2v) is 6.27. The molecule has 2 aromatic carbocycles. The molecule has 1 aromatic heterocycles. The van der Waals surface area contributed by atoms with E-state index in [9.17, 15) is 0 Å². The first kappa shape index (κ1) is 13.9. The number of benzene rings is 2. The molecule has 0 N–H and O–H groups in total. The molecule has 0 atom stereocenters. The van der Waals surface area contributed by atoms with Gasteiger partial charge in [-0.25, -0.2) is 0 Å². The molecule has 0 amide bonds. The van der Waals surface area contributed by atoms with Crippen LogP contribution in [0.2, 0.25) is 0 Å². The van der Waals surface area contributed by atoms with Gasteiger partial charge in [-0.2, -0.15) is 0 Å². The summed E-state index contributed by atoms with van der Waals surface area (Å²) in [5.74, 6) is 0.562. The summed E-state index contributed by atoms with van der Waals surface area (Å²) in [4.78, 5) is 0. The summed E-state index contributed by atoms with van der Waals surface area (Å²) in [5, 5.41) is 1.25. The highest BCUT2D eigenvalue weighted by molar-refractivity contribution is 5.98. The number of rotatable bonds is 2. The van der Waals surface area contributed by atoms with Gasteiger partial charge in [-0.1, -0.05) is 44.2 Å². The molecule has 0 fully saturated rings. The topological polar surface area (TPSA) is 13.1 Å². The van der Waals surface area contributed by atoms with Crippen molar-refractivity contribution < 1.29 is 4.42 Å². The molecule has 0 saturated carbocycles. The lowest BCUT2D eigenvalue weighted by Gasteiger charge is -2.08. The molecule has 0 unspecified atom stereocenters. The Kier molecular flexibility index (Phi) is 3.36. The van der Waals surface area contributed by atoms with Gasteiger partial charge in [-0.3, -0.25) is 0 Å². The van der Waals surface area contributed by atoms with Crippen LogP contribution in [0.5, 0.6) is 0 Å². The third kappa shape index (κ3) is 2.27. The van der Waals surface area contributed by atoms with E-state index >= 15 is 0 Å². The fourth-order valence-corrected chi connectivity index (χ4v) is 2.97. The van der Waals surface area contributed by atoms with Crippen LogP contribution >= 0.6 is 0 Å². The van der Waals surface area contributed by atoms with Crippen molar-refractivity contribution in [3.8, 4) is 11.1 Å². The minimum absolute atomic E-state index is 0.562. The molecular formula is C20H22O. The minimum atomic E-state index is 0.562. The van der Waals surface area contributed by atoms with E-state index in [2.05, 4.69) is 65.0 Å². The highest BCUT2D eigenvalue weighted by Crippen LogP contribution is 2.36. The molecule has 0 spiro atoms. The van der Waals surface area contributed by atoms with Crippen molar-refractivity contribution >= 4 is 11.0 Å². The zero-order valence-corrected chi connectivity index (χ0v) is 13.4. The van der Waals surface area contributed by atoms with Gasteiger partial charge in [0.25, 0.3) is 0 Å². The average molecular weight is 278 g/mol. The molecule has 1 heteroatoms. The van der Waals surface area contributed by atoms with Crippen LogP contribution in [0.4, 0.5) is 0 Å². The van der Waals surface area contributed by atoms with Crippen LogP contribution in [-0.2, 0) is 0 Å². The van der Waals surface area contributed by atoms with E-state index in [1.165, 1.54) is 38.8 Å². The Balaban J connectivity index is 2.19. The molecule has 108 valence electrons. The third-order valence-corrected chi connectivity index (χ3v) is 4.44. The van der Waals surface area contributed by atoms with Gasteiger partial charge >= 0.3 is 0 Å². The van der Waals surface area contributed by atoms with Crippen LogP contribution in [0.3, 0.4) is 0 Å². The summed E-state index contributed by atoms with van der Waals surface area (Å²) in [6, 6.07) is 11.1. The molecule has 21 heavy (non-hydrogen) atoms. The van der Waals surface area contributed by atoms with Gasteiger partial charge in [0.05, 0.1) is 6.26 Å². The van der Waals surface area contributed by atoms with Crippen LogP contribution in [0.25, 0.3) is 22.1 Å². The van der Waals surface area contributed by atoms with E-state index in [1.807, 2.05) is 6.26 Å². The summed E-state index contributed by atoms with van der Waals surface area (Å²) in [6.07, 6.45) is 1.90. The number of fused-ring (bicyclic) bond motifs is 1. The third-order valence-electron chi connectivity index (χ3n) is 4.44. The van der Waals surface area contributed by atoms with Gasteiger partial charge < -0.3 is 4.42 Å². The van der Waals surface area contributed by atoms with E-state index in [0.29, 0.717) is 5.92 Å². The van der Waals surface area contributed by atoms with E-state index in [1.54, 1.807) is 0 Å². The normalized spacial score (nSPS) is 11.5. The van der Waals surface area contributed by atoms with Crippen molar-refractivity contribution in [1.82, 2.24) is 0 Å². The van der Waals surface area contributed by atoms with Gasteiger partial charge in [-0.05, 0) is 54.5 Å². The lowest BCUT2D eigenvalue weighted by atomic mass is 9.95. The molecular weight excluding hydrogens is 256 g/mol. The smallest absolute Gasteiger partial charge is 0.137 e. The molecule has 1 nitrogen and oxygen atoms in total. The zero-order chi connectivity index (χ0) is 15.1. The first-order chi connectivity index (χ1) is 9.99. The molecule has 1 heterocycles. The quantitative estimate of drug-likeness (QED) is 0.548. The van der Waals surface area contributed by atoms with Crippen molar-refractivity contribution in [3.63, 3.8) is 0 Å². The number of hydrogen-bond donors (Lipinski definition) is 0. The number of hydrogen-bond acceptors (Lipinski definition) is 1. The second kappa shape index (κ2) is 5.07. The predicted octanol–water partition coefficient (Wildman–Crippen LogP) is 6.15. The summed E-state index contributed by atoms with van der Waals surface area (Å²) >= 11 is 0. The zero-order valence-electron chi connectivity index (χ0n) is 13.4. The van der Waals surface area contributed by atoms with Crippen molar-refractivity contribution in [3.05, 3.63) is 58.8 Å². The maximum Gasteiger partial charge on any atom is 0.137 e. The monoisotopic (exact) mass is 278 g/mol. The fraction of sp³-hybridized carbons (Fsp3) is 0.300. The Morgan fingerprint density at radius 2 is 1.57 bits per heavy atom. The summed E-state index contributed by atoms with van der Waals surface area (Å²) in [6.45, 7) is 10.9. The molecule has 0 aliphatic carbocycles. The largest absolute Gasteiger partial charge is 0.463 e. The van der Waals surface area contributed by atoms with Crippen LogP contribution in [0.1, 0.15) is 42.0 Å². The van der Waals surface area contributed by atoms with E-state index in [-0.39, 0.29) is 0 Å². The number of furan rings is 1. The summed E-state index contributed by atoms with van der Waals surface area (Å²) < 4.78 is 5.87. The van der Waals surface area contributed by atoms with Gasteiger partial charge in [0.15, 0.2) is 0 Å². The van der Waals surface area contributed by atoms with Crippen LogP contribution in [-0.4, -0.2) is 0 Å². The average Bonchev–Trinajstić information content (AvgIpc) is 2.90. The van der Waals surface area contributed by atoms with E-state index < -0.39 is 0 Å². The first-order valence-corrected chi connectivity index (χ1v) is 7.57. The number of aryl methyl sites for hydroxylation is 3. The van der Waals surface area contributed by atoms with Crippen molar-refractivity contribution in [2.24, 2.45) is 0 Å². The molecule has 0 radical (unpaired) electrons. The maximum absolute atomic E-state index is 5.87. The highest BCUT2D eigenvalue weighted by Gasteiger charge is 2.14.